The number of anilines is 1. The number of hydrogen-bond acceptors (Lipinski definition) is 4. The van der Waals surface area contributed by atoms with Gasteiger partial charge in [-0.15, -0.1) is 0 Å². The van der Waals surface area contributed by atoms with E-state index >= 15 is 0 Å². The van der Waals surface area contributed by atoms with Gasteiger partial charge in [0.1, 0.15) is 5.75 Å². The molecule has 0 heterocycles. The van der Waals surface area contributed by atoms with Crippen LogP contribution in [0.1, 0.15) is 39.0 Å². The van der Waals surface area contributed by atoms with E-state index in [9.17, 15) is 13.2 Å². The van der Waals surface area contributed by atoms with Crippen molar-refractivity contribution in [2.75, 3.05) is 5.32 Å². The van der Waals surface area contributed by atoms with Gasteiger partial charge in [-0.05, 0) is 67.3 Å². The molecule has 0 aromatic heterocycles. The average molecular weight is 479 g/mol. The third kappa shape index (κ3) is 6.24. The Hall–Kier alpha value is -3.16. The van der Waals surface area contributed by atoms with Crippen molar-refractivity contribution in [1.82, 2.24) is 4.72 Å². The largest absolute Gasteiger partial charge is 0.481 e. The van der Waals surface area contributed by atoms with Crippen LogP contribution in [0.2, 0.25) is 0 Å². The Morgan fingerprint density at radius 1 is 0.853 bits per heavy atom. The van der Waals surface area contributed by atoms with Gasteiger partial charge in [-0.2, -0.15) is 0 Å². The van der Waals surface area contributed by atoms with E-state index in [-0.39, 0.29) is 16.8 Å². The summed E-state index contributed by atoms with van der Waals surface area (Å²) in [7, 11) is -3.57. The van der Waals surface area contributed by atoms with E-state index in [0.29, 0.717) is 11.4 Å². The molecule has 0 radical (unpaired) electrons. The maximum Gasteiger partial charge on any atom is 0.265 e. The summed E-state index contributed by atoms with van der Waals surface area (Å²) in [5.74, 6) is 0.278. The Morgan fingerprint density at radius 2 is 1.47 bits per heavy atom. The van der Waals surface area contributed by atoms with Crippen LogP contribution in [0.3, 0.4) is 0 Å². The van der Waals surface area contributed by atoms with Gasteiger partial charge in [0, 0.05) is 11.7 Å². The van der Waals surface area contributed by atoms with Crippen LogP contribution in [-0.4, -0.2) is 26.5 Å². The number of sulfonamides is 1. The molecule has 1 saturated carbocycles. The van der Waals surface area contributed by atoms with E-state index in [2.05, 4.69) is 10.0 Å². The van der Waals surface area contributed by atoms with Crippen LogP contribution in [0.4, 0.5) is 5.69 Å². The van der Waals surface area contributed by atoms with Crippen LogP contribution in [0.15, 0.2) is 83.8 Å². The Bertz CT molecular complexity index is 1190. The zero-order valence-corrected chi connectivity index (χ0v) is 20.1. The third-order valence-electron chi connectivity index (χ3n) is 6.00. The van der Waals surface area contributed by atoms with E-state index in [1.807, 2.05) is 54.6 Å². The molecule has 178 valence electrons. The molecule has 6 nitrogen and oxygen atoms in total. The van der Waals surface area contributed by atoms with Crippen molar-refractivity contribution in [2.45, 2.75) is 56.1 Å². The highest BCUT2D eigenvalue weighted by Crippen LogP contribution is 2.23. The van der Waals surface area contributed by atoms with Crippen molar-refractivity contribution in [1.29, 1.82) is 0 Å². The standard InChI is InChI=1S/C27H30N2O4S/c1-20(33-25-16-12-22(13-17-25)21-8-4-2-5-9-21)27(30)28-23-14-18-26(19-15-23)34(31,32)29-24-10-6-3-7-11-24/h2,4-5,8-9,12-20,24,29H,3,6-7,10-11H2,1H3,(H,28,30). The fraction of sp³-hybridized carbons (Fsp3) is 0.296. The minimum absolute atomic E-state index is 0.00196. The molecule has 3 aromatic carbocycles. The van der Waals surface area contributed by atoms with Gasteiger partial charge >= 0.3 is 0 Å². The van der Waals surface area contributed by atoms with Crippen LogP contribution >= 0.6 is 0 Å². The van der Waals surface area contributed by atoms with Crippen molar-refractivity contribution in [2.24, 2.45) is 0 Å². The molecule has 1 atom stereocenters. The van der Waals surface area contributed by atoms with E-state index in [0.717, 1.165) is 43.2 Å². The van der Waals surface area contributed by atoms with Gasteiger partial charge in [-0.25, -0.2) is 13.1 Å². The number of ether oxygens (including phenoxy) is 1. The smallest absolute Gasteiger partial charge is 0.265 e. The van der Waals surface area contributed by atoms with Crippen LogP contribution in [0.5, 0.6) is 5.75 Å². The molecule has 0 spiro atoms. The topological polar surface area (TPSA) is 84.5 Å². The van der Waals surface area contributed by atoms with Gasteiger partial charge in [0.05, 0.1) is 4.90 Å². The zero-order chi connectivity index (χ0) is 24.0. The summed E-state index contributed by atoms with van der Waals surface area (Å²) in [6.45, 7) is 1.67. The molecule has 7 heteroatoms. The van der Waals surface area contributed by atoms with Crippen molar-refractivity contribution in [3.63, 3.8) is 0 Å². The minimum Gasteiger partial charge on any atom is -0.481 e. The Morgan fingerprint density at radius 3 is 2.12 bits per heavy atom. The molecule has 1 unspecified atom stereocenters. The molecule has 0 bridgehead atoms. The number of benzene rings is 3. The molecule has 3 aromatic rings. The molecule has 1 amide bonds. The highest BCUT2D eigenvalue weighted by atomic mass is 32.2. The number of nitrogens with one attached hydrogen (secondary N) is 2. The normalized spacial score (nSPS) is 15.4. The monoisotopic (exact) mass is 478 g/mol. The number of carbonyl (C=O) groups is 1. The van der Waals surface area contributed by atoms with Gasteiger partial charge in [0.15, 0.2) is 6.10 Å². The van der Waals surface area contributed by atoms with Crippen LogP contribution < -0.4 is 14.8 Å². The molecular formula is C27H30N2O4S. The van der Waals surface area contributed by atoms with E-state index < -0.39 is 16.1 Å². The molecule has 4 rings (SSSR count). The van der Waals surface area contributed by atoms with E-state index in [1.54, 1.807) is 19.1 Å². The molecule has 1 fully saturated rings. The van der Waals surface area contributed by atoms with Crippen molar-refractivity contribution >= 4 is 21.6 Å². The number of carbonyl (C=O) groups excluding carboxylic acids is 1. The van der Waals surface area contributed by atoms with Gasteiger partial charge in [0.2, 0.25) is 10.0 Å². The summed E-state index contributed by atoms with van der Waals surface area (Å²) in [5.41, 5.74) is 2.69. The first-order valence-electron chi connectivity index (χ1n) is 11.7. The average Bonchev–Trinajstić information content (AvgIpc) is 2.86. The lowest BCUT2D eigenvalue weighted by molar-refractivity contribution is -0.122. The summed E-state index contributed by atoms with van der Waals surface area (Å²) < 4.78 is 33.9. The second kappa shape index (κ2) is 10.8. The van der Waals surface area contributed by atoms with Crippen molar-refractivity contribution < 1.29 is 17.9 Å². The first-order chi connectivity index (χ1) is 16.4. The molecule has 2 N–H and O–H groups in total. The lowest BCUT2D eigenvalue weighted by Gasteiger charge is -2.22. The van der Waals surface area contributed by atoms with Crippen LogP contribution in [0.25, 0.3) is 11.1 Å². The molecule has 1 aliphatic carbocycles. The summed E-state index contributed by atoms with van der Waals surface area (Å²) in [6, 6.07) is 23.8. The number of rotatable bonds is 8. The maximum absolute atomic E-state index is 12.6. The summed E-state index contributed by atoms with van der Waals surface area (Å²) in [6.07, 6.45) is 4.29. The Labute approximate surface area is 201 Å². The molecule has 0 aliphatic heterocycles. The first kappa shape index (κ1) is 24.0. The van der Waals surface area contributed by atoms with E-state index in [1.165, 1.54) is 12.1 Å². The van der Waals surface area contributed by atoms with E-state index in [4.69, 9.17) is 4.74 Å². The third-order valence-corrected chi connectivity index (χ3v) is 7.54. The maximum atomic E-state index is 12.6. The number of amides is 1. The fourth-order valence-corrected chi connectivity index (χ4v) is 5.39. The minimum atomic E-state index is -3.57. The van der Waals surface area contributed by atoms with Gasteiger partial charge in [-0.3, -0.25) is 4.79 Å². The lowest BCUT2D eigenvalue weighted by atomic mass is 9.96. The SMILES string of the molecule is CC(Oc1ccc(-c2ccccc2)cc1)C(=O)Nc1ccc(S(=O)(=O)NC2CCCCC2)cc1. The highest BCUT2D eigenvalue weighted by molar-refractivity contribution is 7.89. The van der Waals surface area contributed by atoms with Crippen LogP contribution in [-0.2, 0) is 14.8 Å². The second-order valence-electron chi connectivity index (χ2n) is 8.62. The Balaban J connectivity index is 1.32. The quantitative estimate of drug-likeness (QED) is 0.456. The Kier molecular flexibility index (Phi) is 7.65. The summed E-state index contributed by atoms with van der Waals surface area (Å²) in [4.78, 5) is 12.8. The van der Waals surface area contributed by atoms with Gasteiger partial charge in [-0.1, -0.05) is 61.7 Å². The zero-order valence-electron chi connectivity index (χ0n) is 19.2. The van der Waals surface area contributed by atoms with Gasteiger partial charge < -0.3 is 10.1 Å². The summed E-state index contributed by atoms with van der Waals surface area (Å²) >= 11 is 0. The first-order valence-corrected chi connectivity index (χ1v) is 13.1. The van der Waals surface area contributed by atoms with Crippen LogP contribution in [0, 0.1) is 0 Å². The second-order valence-corrected chi connectivity index (χ2v) is 10.3. The molecule has 34 heavy (non-hydrogen) atoms. The molecular weight excluding hydrogens is 448 g/mol. The van der Waals surface area contributed by atoms with Crippen molar-refractivity contribution in [3.05, 3.63) is 78.9 Å². The lowest BCUT2D eigenvalue weighted by Crippen LogP contribution is -2.36. The van der Waals surface area contributed by atoms with Gasteiger partial charge in [0.25, 0.3) is 5.91 Å². The summed E-state index contributed by atoms with van der Waals surface area (Å²) in [5, 5.41) is 2.78. The molecule has 1 aliphatic rings. The molecule has 0 saturated heterocycles. The van der Waals surface area contributed by atoms with Crippen molar-refractivity contribution in [3.8, 4) is 16.9 Å². The highest BCUT2D eigenvalue weighted by Gasteiger charge is 2.22. The predicted octanol–water partition coefficient (Wildman–Crippen LogP) is 5.37. The fourth-order valence-electron chi connectivity index (χ4n) is 4.08. The predicted molar refractivity (Wildman–Crippen MR) is 134 cm³/mol. The number of hydrogen-bond donors (Lipinski definition) is 2.